The first-order valence-corrected chi connectivity index (χ1v) is 15.0. The van der Waals surface area contributed by atoms with Gasteiger partial charge in [0.2, 0.25) is 0 Å². The van der Waals surface area contributed by atoms with Gasteiger partial charge in [-0.25, -0.2) is 0 Å². The second-order valence-electron chi connectivity index (χ2n) is 9.28. The Hall–Kier alpha value is -4.00. The molecule has 5 aromatic rings. The van der Waals surface area contributed by atoms with Crippen LogP contribution in [-0.4, -0.2) is 10.9 Å². The normalized spacial score (nSPS) is 16.4. The maximum Gasteiger partial charge on any atom is 0.131 e. The van der Waals surface area contributed by atoms with E-state index in [0.717, 1.165) is 27.9 Å². The molecule has 0 aliphatic carbocycles. The quantitative estimate of drug-likeness (QED) is 0.218. The Bertz CT molecular complexity index is 1790. The van der Waals surface area contributed by atoms with Crippen molar-refractivity contribution in [2.75, 3.05) is 0 Å². The number of nitrogens with zero attached hydrogens (tertiary/aromatic N) is 1. The van der Waals surface area contributed by atoms with E-state index >= 15 is 0 Å². The summed E-state index contributed by atoms with van der Waals surface area (Å²) in [5.41, 5.74) is 8.09. The Morgan fingerprint density at radius 2 is 1.45 bits per heavy atom. The van der Waals surface area contributed by atoms with Gasteiger partial charge in [0.15, 0.2) is 0 Å². The van der Waals surface area contributed by atoms with E-state index in [4.69, 9.17) is 10.8 Å². The minimum absolute atomic E-state index is 0.746. The van der Waals surface area contributed by atoms with E-state index < -0.39 is 7.11 Å². The molecule has 190 valence electrons. The summed E-state index contributed by atoms with van der Waals surface area (Å²) in [6, 6.07) is 30.0. The van der Waals surface area contributed by atoms with Crippen LogP contribution >= 0.6 is 7.11 Å². The highest BCUT2D eigenvalue weighted by molar-refractivity contribution is 7.83. The fourth-order valence-corrected chi connectivity index (χ4v) is 8.61. The molecule has 0 saturated heterocycles. The van der Waals surface area contributed by atoms with Gasteiger partial charge in [0.25, 0.3) is 0 Å². The van der Waals surface area contributed by atoms with Crippen LogP contribution in [0.1, 0.15) is 30.5 Å². The summed E-state index contributed by atoms with van der Waals surface area (Å²) in [6.07, 6.45) is 8.47. The summed E-state index contributed by atoms with van der Waals surface area (Å²) in [6.45, 7) is 16.5. The van der Waals surface area contributed by atoms with Gasteiger partial charge in [-0.2, -0.15) is 0 Å². The molecule has 0 fully saturated rings. The Morgan fingerprint density at radius 1 is 0.789 bits per heavy atom. The lowest BCUT2D eigenvalue weighted by Gasteiger charge is -2.35. The third kappa shape index (κ3) is 3.71. The van der Waals surface area contributed by atoms with Gasteiger partial charge in [-0.1, -0.05) is 100 Å². The molecule has 0 spiro atoms. The molecule has 0 amide bonds. The summed E-state index contributed by atoms with van der Waals surface area (Å²) < 4.78 is 9.19. The van der Waals surface area contributed by atoms with Crippen LogP contribution in [0.4, 0.5) is 0 Å². The van der Waals surface area contributed by atoms with Crippen LogP contribution in [0.25, 0.3) is 33.1 Å². The van der Waals surface area contributed by atoms with Gasteiger partial charge in [0.1, 0.15) is 12.9 Å². The summed E-state index contributed by atoms with van der Waals surface area (Å²) >= 11 is 0. The molecule has 1 aliphatic rings. The number of para-hydroxylation sites is 2. The zero-order valence-electron chi connectivity index (χ0n) is 22.7. The minimum Gasteiger partial charge on any atom is -0.468 e. The van der Waals surface area contributed by atoms with Crippen molar-refractivity contribution in [3.8, 4) is 5.69 Å². The van der Waals surface area contributed by atoms with E-state index in [1.165, 1.54) is 38.2 Å². The van der Waals surface area contributed by atoms with Gasteiger partial charge < -0.3 is 9.09 Å². The standard InChI is InChI=1S/C33H28NOP.C2H6/c1-6-25-26-17-12-14-20-30(26)36(5,35-29(25)7-2)31-21-22(3)33-32(23(31)4)27-18-11-13-19-28(27)34(33)24-15-9-8-10-16-24;1-2/h6-21H,1-2,5H2,3-4H3;1-2H3. The van der Waals surface area contributed by atoms with Gasteiger partial charge in [0.05, 0.1) is 11.0 Å². The van der Waals surface area contributed by atoms with Crippen molar-refractivity contribution >= 4 is 51.4 Å². The lowest BCUT2D eigenvalue weighted by atomic mass is 10.0. The Morgan fingerprint density at radius 3 is 2.16 bits per heavy atom. The first-order chi connectivity index (χ1) is 18.5. The second-order valence-corrected chi connectivity index (χ2v) is 11.9. The number of allylic oxidation sites excluding steroid dienone is 3. The van der Waals surface area contributed by atoms with Gasteiger partial charge >= 0.3 is 0 Å². The predicted octanol–water partition coefficient (Wildman–Crippen LogP) is 8.86. The molecule has 4 aromatic carbocycles. The number of hydrogen-bond acceptors (Lipinski definition) is 1. The van der Waals surface area contributed by atoms with Gasteiger partial charge in [0, 0.05) is 32.6 Å². The van der Waals surface area contributed by atoms with E-state index in [-0.39, 0.29) is 0 Å². The van der Waals surface area contributed by atoms with E-state index in [9.17, 15) is 0 Å². The van der Waals surface area contributed by atoms with Gasteiger partial charge in [-0.3, -0.25) is 0 Å². The molecule has 1 atom stereocenters. The van der Waals surface area contributed by atoms with Crippen molar-refractivity contribution < 1.29 is 4.52 Å². The Balaban J connectivity index is 0.00000144. The molecule has 0 radical (unpaired) electrons. The highest BCUT2D eigenvalue weighted by Gasteiger charge is 2.34. The topological polar surface area (TPSA) is 14.2 Å². The molecule has 1 aliphatic heterocycles. The molecule has 3 heteroatoms. The van der Waals surface area contributed by atoms with Gasteiger partial charge in [-0.05, 0) is 60.9 Å². The molecule has 1 aromatic heterocycles. The number of benzene rings is 4. The average molecular weight is 516 g/mol. The van der Waals surface area contributed by atoms with Crippen LogP contribution in [0.15, 0.2) is 116 Å². The van der Waals surface area contributed by atoms with Crippen LogP contribution < -0.4 is 10.6 Å². The molecule has 2 heterocycles. The number of hydrogen-bond donors (Lipinski definition) is 0. The van der Waals surface area contributed by atoms with Crippen molar-refractivity contribution in [2.24, 2.45) is 0 Å². The highest BCUT2D eigenvalue weighted by atomic mass is 31.2. The lowest BCUT2D eigenvalue weighted by Crippen LogP contribution is -2.27. The Kier molecular flexibility index (Phi) is 6.78. The van der Waals surface area contributed by atoms with Crippen molar-refractivity contribution in [1.29, 1.82) is 0 Å². The summed E-state index contributed by atoms with van der Waals surface area (Å²) in [5, 5.41) is 4.80. The summed E-state index contributed by atoms with van der Waals surface area (Å²) in [5.74, 6) is 0.746. The molecule has 6 rings (SSSR count). The van der Waals surface area contributed by atoms with Crippen molar-refractivity contribution in [3.05, 3.63) is 133 Å². The SMILES string of the molecule is C=CC1=C(C=C)c2ccccc2P(=C)(c2cc(C)c3c(c2C)c2ccccc2n3-c2ccccc2)O1.CC. The molecular weight excluding hydrogens is 481 g/mol. The van der Waals surface area contributed by atoms with Crippen LogP contribution in [0.3, 0.4) is 0 Å². The maximum absolute atomic E-state index is 6.81. The Labute approximate surface area is 226 Å². The van der Waals surface area contributed by atoms with Gasteiger partial charge in [-0.15, -0.1) is 0 Å². The molecule has 38 heavy (non-hydrogen) atoms. The van der Waals surface area contributed by atoms with E-state index in [0.29, 0.717) is 0 Å². The fraction of sp³-hybridized carbons (Fsp3) is 0.114. The highest BCUT2D eigenvalue weighted by Crippen LogP contribution is 2.54. The van der Waals surface area contributed by atoms with E-state index in [1.807, 2.05) is 19.9 Å². The largest absolute Gasteiger partial charge is 0.468 e. The van der Waals surface area contributed by atoms with Crippen molar-refractivity contribution in [3.63, 3.8) is 0 Å². The predicted molar refractivity (Wildman–Crippen MR) is 170 cm³/mol. The fourth-order valence-electron chi connectivity index (χ4n) is 5.68. The zero-order valence-corrected chi connectivity index (χ0v) is 23.6. The number of fused-ring (bicyclic) bond motifs is 4. The average Bonchev–Trinajstić information content (AvgIpc) is 3.32. The molecule has 0 saturated carbocycles. The van der Waals surface area contributed by atoms with Crippen LogP contribution in [-0.2, 0) is 4.52 Å². The third-order valence-corrected chi connectivity index (χ3v) is 10.2. The first-order valence-electron chi connectivity index (χ1n) is 13.1. The number of rotatable bonds is 4. The monoisotopic (exact) mass is 515 g/mol. The van der Waals surface area contributed by atoms with E-state index in [1.54, 1.807) is 6.08 Å². The van der Waals surface area contributed by atoms with Crippen LogP contribution in [0.5, 0.6) is 0 Å². The molecule has 1 unspecified atom stereocenters. The zero-order chi connectivity index (χ0) is 27.0. The molecule has 0 bridgehead atoms. The molecular formula is C35H34NOP. The summed E-state index contributed by atoms with van der Waals surface area (Å²) in [4.78, 5) is 0. The third-order valence-electron chi connectivity index (χ3n) is 7.26. The van der Waals surface area contributed by atoms with Crippen LogP contribution in [0, 0.1) is 13.8 Å². The van der Waals surface area contributed by atoms with Crippen molar-refractivity contribution in [1.82, 2.24) is 4.57 Å². The van der Waals surface area contributed by atoms with Crippen LogP contribution in [0.2, 0.25) is 0 Å². The van der Waals surface area contributed by atoms with Crippen molar-refractivity contribution in [2.45, 2.75) is 27.7 Å². The molecule has 0 N–H and O–H groups in total. The summed E-state index contributed by atoms with van der Waals surface area (Å²) in [7, 11) is -2.47. The first kappa shape index (κ1) is 25.6. The van der Waals surface area contributed by atoms with E-state index in [2.05, 4.69) is 117 Å². The lowest BCUT2D eigenvalue weighted by molar-refractivity contribution is 0.504. The number of aryl methyl sites for hydroxylation is 2. The number of aromatic nitrogens is 1. The minimum atomic E-state index is -2.47. The molecule has 2 nitrogen and oxygen atoms in total. The smallest absolute Gasteiger partial charge is 0.131 e. The second kappa shape index (κ2) is 10.0. The maximum atomic E-state index is 6.81.